The Morgan fingerprint density at radius 1 is 1.24 bits per heavy atom. The third kappa shape index (κ3) is 2.35. The van der Waals surface area contributed by atoms with E-state index in [1.807, 2.05) is 30.5 Å². The summed E-state index contributed by atoms with van der Waals surface area (Å²) in [5.74, 6) is 0.993. The Hall–Kier alpha value is -1.43. The SMILES string of the molecule is Clc1ccc(-c2nc3cccnc3n2C2CCNCC2)s1. The summed E-state index contributed by atoms with van der Waals surface area (Å²) in [4.78, 5) is 10.5. The summed E-state index contributed by atoms with van der Waals surface area (Å²) < 4.78 is 3.10. The first-order valence-electron chi connectivity index (χ1n) is 7.12. The molecule has 6 heteroatoms. The van der Waals surface area contributed by atoms with Gasteiger partial charge in [-0.05, 0) is 50.2 Å². The van der Waals surface area contributed by atoms with Crippen LogP contribution in [-0.4, -0.2) is 27.6 Å². The number of rotatable bonds is 2. The van der Waals surface area contributed by atoms with Crippen LogP contribution in [0.15, 0.2) is 30.5 Å². The Balaban J connectivity index is 1.92. The molecule has 0 amide bonds. The van der Waals surface area contributed by atoms with Crippen LogP contribution < -0.4 is 5.32 Å². The van der Waals surface area contributed by atoms with Gasteiger partial charge in [0.15, 0.2) is 11.5 Å². The molecule has 4 rings (SSSR count). The minimum atomic E-state index is 0.446. The molecule has 21 heavy (non-hydrogen) atoms. The normalized spacial score (nSPS) is 16.6. The molecule has 0 bridgehead atoms. The number of hydrogen-bond donors (Lipinski definition) is 1. The fraction of sp³-hybridized carbons (Fsp3) is 0.333. The van der Waals surface area contributed by atoms with E-state index in [0.29, 0.717) is 6.04 Å². The minimum Gasteiger partial charge on any atom is -0.317 e. The van der Waals surface area contributed by atoms with Gasteiger partial charge in [-0.2, -0.15) is 0 Å². The van der Waals surface area contributed by atoms with Gasteiger partial charge in [-0.3, -0.25) is 0 Å². The number of nitrogens with zero attached hydrogens (tertiary/aromatic N) is 3. The lowest BCUT2D eigenvalue weighted by Gasteiger charge is -2.25. The summed E-state index contributed by atoms with van der Waals surface area (Å²) in [6.45, 7) is 2.09. The maximum atomic E-state index is 6.10. The van der Waals surface area contributed by atoms with Crippen molar-refractivity contribution in [3.63, 3.8) is 0 Å². The minimum absolute atomic E-state index is 0.446. The number of nitrogens with one attached hydrogen (secondary N) is 1. The van der Waals surface area contributed by atoms with Crippen LogP contribution in [0.4, 0.5) is 0 Å². The molecule has 3 aromatic rings. The number of aromatic nitrogens is 3. The third-order valence-electron chi connectivity index (χ3n) is 3.92. The van der Waals surface area contributed by atoms with Crippen LogP contribution >= 0.6 is 22.9 Å². The highest BCUT2D eigenvalue weighted by Crippen LogP contribution is 2.35. The fourth-order valence-electron chi connectivity index (χ4n) is 2.95. The Kier molecular flexibility index (Phi) is 3.41. The highest BCUT2D eigenvalue weighted by molar-refractivity contribution is 7.19. The molecule has 4 nitrogen and oxygen atoms in total. The van der Waals surface area contributed by atoms with E-state index < -0.39 is 0 Å². The van der Waals surface area contributed by atoms with Crippen LogP contribution in [0.1, 0.15) is 18.9 Å². The predicted octanol–water partition coefficient (Wildman–Crippen LogP) is 3.74. The first-order valence-corrected chi connectivity index (χ1v) is 8.32. The first-order chi connectivity index (χ1) is 10.3. The average molecular weight is 319 g/mol. The number of fused-ring (bicyclic) bond motifs is 1. The molecule has 4 heterocycles. The van der Waals surface area contributed by atoms with Gasteiger partial charge in [0.1, 0.15) is 5.52 Å². The summed E-state index contributed by atoms with van der Waals surface area (Å²) in [6.07, 6.45) is 4.05. The Bertz CT molecular complexity index is 773. The van der Waals surface area contributed by atoms with E-state index in [0.717, 1.165) is 52.1 Å². The fourth-order valence-corrected chi connectivity index (χ4v) is 3.98. The van der Waals surface area contributed by atoms with Gasteiger partial charge in [0.05, 0.1) is 9.21 Å². The molecular weight excluding hydrogens is 304 g/mol. The van der Waals surface area contributed by atoms with Crippen molar-refractivity contribution in [1.29, 1.82) is 0 Å². The zero-order chi connectivity index (χ0) is 14.2. The van der Waals surface area contributed by atoms with E-state index >= 15 is 0 Å². The van der Waals surface area contributed by atoms with Crippen LogP contribution in [0.3, 0.4) is 0 Å². The van der Waals surface area contributed by atoms with Crippen molar-refractivity contribution in [2.45, 2.75) is 18.9 Å². The van der Waals surface area contributed by atoms with Crippen molar-refractivity contribution in [1.82, 2.24) is 19.9 Å². The van der Waals surface area contributed by atoms with Gasteiger partial charge >= 0.3 is 0 Å². The average Bonchev–Trinajstić information content (AvgIpc) is 3.11. The number of imidazole rings is 1. The summed E-state index contributed by atoms with van der Waals surface area (Å²) in [5, 5.41) is 3.42. The number of pyridine rings is 1. The van der Waals surface area contributed by atoms with Gasteiger partial charge in [0.2, 0.25) is 0 Å². The molecule has 1 aliphatic heterocycles. The molecule has 0 spiro atoms. The highest BCUT2D eigenvalue weighted by Gasteiger charge is 2.23. The van der Waals surface area contributed by atoms with Crippen LogP contribution in [0.25, 0.3) is 21.9 Å². The van der Waals surface area contributed by atoms with E-state index in [2.05, 4.69) is 14.9 Å². The summed E-state index contributed by atoms with van der Waals surface area (Å²) in [5.41, 5.74) is 1.93. The molecule has 1 fully saturated rings. The summed E-state index contributed by atoms with van der Waals surface area (Å²) >= 11 is 7.68. The molecule has 1 N–H and O–H groups in total. The molecule has 108 valence electrons. The molecule has 0 aliphatic carbocycles. The zero-order valence-electron chi connectivity index (χ0n) is 11.4. The van der Waals surface area contributed by atoms with Crippen LogP contribution in [0.2, 0.25) is 4.34 Å². The Labute approximate surface area is 131 Å². The summed E-state index contributed by atoms with van der Waals surface area (Å²) in [6, 6.07) is 8.39. The molecule has 0 atom stereocenters. The highest BCUT2D eigenvalue weighted by atomic mass is 35.5. The second-order valence-electron chi connectivity index (χ2n) is 5.24. The topological polar surface area (TPSA) is 42.7 Å². The van der Waals surface area contributed by atoms with E-state index in [4.69, 9.17) is 16.6 Å². The maximum Gasteiger partial charge on any atom is 0.160 e. The van der Waals surface area contributed by atoms with Gasteiger partial charge < -0.3 is 9.88 Å². The van der Waals surface area contributed by atoms with Crippen molar-refractivity contribution >= 4 is 34.1 Å². The molecule has 1 aliphatic rings. The lowest BCUT2D eigenvalue weighted by molar-refractivity contribution is 0.376. The second kappa shape index (κ2) is 5.40. The largest absolute Gasteiger partial charge is 0.317 e. The van der Waals surface area contributed by atoms with Crippen molar-refractivity contribution in [3.05, 3.63) is 34.8 Å². The zero-order valence-corrected chi connectivity index (χ0v) is 13.0. The molecule has 0 saturated carbocycles. The lowest BCUT2D eigenvalue weighted by atomic mass is 10.1. The van der Waals surface area contributed by atoms with Gasteiger partial charge in [0.25, 0.3) is 0 Å². The van der Waals surface area contributed by atoms with E-state index in [1.165, 1.54) is 0 Å². The molecule has 3 aromatic heterocycles. The second-order valence-corrected chi connectivity index (χ2v) is 6.95. The Morgan fingerprint density at radius 2 is 2.10 bits per heavy atom. The van der Waals surface area contributed by atoms with Crippen molar-refractivity contribution in [2.75, 3.05) is 13.1 Å². The smallest absolute Gasteiger partial charge is 0.160 e. The predicted molar refractivity (Wildman–Crippen MR) is 87.0 cm³/mol. The monoisotopic (exact) mass is 318 g/mol. The standard InChI is InChI=1S/C15H15ClN4S/c16-13-4-3-12(21-13)15-19-11-2-1-7-18-14(11)20(15)10-5-8-17-9-6-10/h1-4,7,10,17H,5-6,8-9H2. The van der Waals surface area contributed by atoms with Gasteiger partial charge in [0, 0.05) is 12.2 Å². The Morgan fingerprint density at radius 3 is 2.86 bits per heavy atom. The molecule has 0 radical (unpaired) electrons. The van der Waals surface area contributed by atoms with E-state index in [-0.39, 0.29) is 0 Å². The van der Waals surface area contributed by atoms with Crippen molar-refractivity contribution in [2.24, 2.45) is 0 Å². The molecule has 1 saturated heterocycles. The van der Waals surface area contributed by atoms with Crippen molar-refractivity contribution < 1.29 is 0 Å². The number of piperidine rings is 1. The molecule has 0 aromatic carbocycles. The van der Waals surface area contributed by atoms with Gasteiger partial charge in [-0.1, -0.05) is 11.6 Å². The number of halogens is 1. The van der Waals surface area contributed by atoms with Crippen LogP contribution in [-0.2, 0) is 0 Å². The quantitative estimate of drug-likeness (QED) is 0.782. The number of thiophene rings is 1. The van der Waals surface area contributed by atoms with Crippen LogP contribution in [0.5, 0.6) is 0 Å². The molecular formula is C15H15ClN4S. The maximum absolute atomic E-state index is 6.10. The first kappa shape index (κ1) is 13.2. The van der Waals surface area contributed by atoms with E-state index in [9.17, 15) is 0 Å². The van der Waals surface area contributed by atoms with Crippen LogP contribution in [0, 0.1) is 0 Å². The van der Waals surface area contributed by atoms with Crippen molar-refractivity contribution in [3.8, 4) is 10.7 Å². The molecule has 0 unspecified atom stereocenters. The van der Waals surface area contributed by atoms with Gasteiger partial charge in [-0.15, -0.1) is 11.3 Å². The van der Waals surface area contributed by atoms with Gasteiger partial charge in [-0.25, -0.2) is 9.97 Å². The summed E-state index contributed by atoms with van der Waals surface area (Å²) in [7, 11) is 0. The van der Waals surface area contributed by atoms with E-state index in [1.54, 1.807) is 11.3 Å². The third-order valence-corrected chi connectivity index (χ3v) is 5.14. The lowest BCUT2D eigenvalue weighted by Crippen LogP contribution is -2.29. The number of hydrogen-bond acceptors (Lipinski definition) is 4.